The average molecular weight is 229 g/mol. The van der Waals surface area contributed by atoms with Crippen LogP contribution in [0.25, 0.3) is 0 Å². The zero-order valence-electron chi connectivity index (χ0n) is 9.57. The van der Waals surface area contributed by atoms with E-state index in [1.807, 2.05) is 6.92 Å². The van der Waals surface area contributed by atoms with Crippen molar-refractivity contribution in [2.24, 2.45) is 0 Å². The van der Waals surface area contributed by atoms with Gasteiger partial charge in [0.1, 0.15) is 0 Å². The van der Waals surface area contributed by atoms with Gasteiger partial charge in [0.25, 0.3) is 0 Å². The smallest absolute Gasteiger partial charge is 0.408 e. The SMILES string of the molecule is C#CCOC(=O)NCCCOCC(O)CC. The van der Waals surface area contributed by atoms with Gasteiger partial charge in [0, 0.05) is 13.2 Å². The van der Waals surface area contributed by atoms with Gasteiger partial charge in [-0.15, -0.1) is 6.42 Å². The molecule has 2 N–H and O–H groups in total. The van der Waals surface area contributed by atoms with Gasteiger partial charge in [0.2, 0.25) is 0 Å². The summed E-state index contributed by atoms with van der Waals surface area (Å²) in [5.41, 5.74) is 0. The molecule has 0 saturated carbocycles. The summed E-state index contributed by atoms with van der Waals surface area (Å²) in [6, 6.07) is 0. The molecule has 92 valence electrons. The quantitative estimate of drug-likeness (QED) is 0.470. The predicted octanol–water partition coefficient (Wildman–Crippen LogP) is 0.523. The number of rotatable bonds is 8. The molecule has 0 heterocycles. The van der Waals surface area contributed by atoms with Gasteiger partial charge in [-0.25, -0.2) is 4.79 Å². The molecule has 0 aromatic rings. The molecule has 0 aromatic carbocycles. The van der Waals surface area contributed by atoms with E-state index in [2.05, 4.69) is 16.0 Å². The van der Waals surface area contributed by atoms with Crippen LogP contribution in [0, 0.1) is 12.3 Å². The van der Waals surface area contributed by atoms with Gasteiger partial charge in [0.05, 0.1) is 12.7 Å². The fourth-order valence-corrected chi connectivity index (χ4v) is 0.860. The number of carbonyl (C=O) groups excluding carboxylic acids is 1. The maximum atomic E-state index is 10.9. The highest BCUT2D eigenvalue weighted by Gasteiger charge is 2.01. The highest BCUT2D eigenvalue weighted by atomic mass is 16.5. The highest BCUT2D eigenvalue weighted by Crippen LogP contribution is 1.91. The van der Waals surface area contributed by atoms with Crippen LogP contribution in [0.15, 0.2) is 0 Å². The Balaban J connectivity index is 3.21. The number of hydrogen-bond acceptors (Lipinski definition) is 4. The first kappa shape index (κ1) is 14.8. The van der Waals surface area contributed by atoms with Crippen molar-refractivity contribution >= 4 is 6.09 Å². The summed E-state index contributed by atoms with van der Waals surface area (Å²) >= 11 is 0. The summed E-state index contributed by atoms with van der Waals surface area (Å²) in [5.74, 6) is 2.19. The predicted molar refractivity (Wildman–Crippen MR) is 59.9 cm³/mol. The molecule has 0 saturated heterocycles. The lowest BCUT2D eigenvalue weighted by Crippen LogP contribution is -2.26. The monoisotopic (exact) mass is 229 g/mol. The Hall–Kier alpha value is -1.25. The summed E-state index contributed by atoms with van der Waals surface area (Å²) in [4.78, 5) is 10.9. The Morgan fingerprint density at radius 1 is 1.62 bits per heavy atom. The standard InChI is InChI=1S/C11H19NO4/c1-3-7-16-11(14)12-6-5-8-15-9-10(13)4-2/h1,10,13H,4-9H2,2H3,(H,12,14). The second-order valence-corrected chi connectivity index (χ2v) is 3.20. The zero-order chi connectivity index (χ0) is 12.2. The highest BCUT2D eigenvalue weighted by molar-refractivity contribution is 5.67. The van der Waals surface area contributed by atoms with Crippen molar-refractivity contribution in [3.8, 4) is 12.3 Å². The van der Waals surface area contributed by atoms with E-state index in [4.69, 9.17) is 16.3 Å². The van der Waals surface area contributed by atoms with Crippen molar-refractivity contribution in [3.05, 3.63) is 0 Å². The molecule has 0 aliphatic rings. The Morgan fingerprint density at radius 2 is 2.38 bits per heavy atom. The molecule has 1 atom stereocenters. The number of alkyl carbamates (subject to hydrolysis) is 1. The second-order valence-electron chi connectivity index (χ2n) is 3.20. The molecule has 5 nitrogen and oxygen atoms in total. The van der Waals surface area contributed by atoms with Gasteiger partial charge in [0.15, 0.2) is 6.61 Å². The van der Waals surface area contributed by atoms with E-state index < -0.39 is 12.2 Å². The topological polar surface area (TPSA) is 67.8 Å². The summed E-state index contributed by atoms with van der Waals surface area (Å²) in [5, 5.41) is 11.7. The first-order chi connectivity index (χ1) is 7.70. The third-order valence-electron chi connectivity index (χ3n) is 1.80. The van der Waals surface area contributed by atoms with E-state index in [0.717, 1.165) is 0 Å². The number of amides is 1. The van der Waals surface area contributed by atoms with Gasteiger partial charge in [-0.1, -0.05) is 12.8 Å². The molecule has 5 heteroatoms. The molecule has 1 amide bonds. The molecule has 0 aliphatic heterocycles. The molecule has 0 aromatic heterocycles. The van der Waals surface area contributed by atoms with Crippen molar-refractivity contribution in [1.29, 1.82) is 0 Å². The fraction of sp³-hybridized carbons (Fsp3) is 0.727. The lowest BCUT2D eigenvalue weighted by Gasteiger charge is -2.08. The van der Waals surface area contributed by atoms with Crippen LogP contribution >= 0.6 is 0 Å². The molecule has 0 radical (unpaired) electrons. The lowest BCUT2D eigenvalue weighted by molar-refractivity contribution is 0.0341. The van der Waals surface area contributed by atoms with Crippen molar-refractivity contribution < 1.29 is 19.4 Å². The number of ether oxygens (including phenoxy) is 2. The van der Waals surface area contributed by atoms with Crippen LogP contribution in [0.5, 0.6) is 0 Å². The minimum Gasteiger partial charge on any atom is -0.436 e. The van der Waals surface area contributed by atoms with Crippen LogP contribution in [-0.4, -0.2) is 43.7 Å². The molecule has 0 rings (SSSR count). The molecule has 0 fully saturated rings. The van der Waals surface area contributed by atoms with Gasteiger partial charge < -0.3 is 19.9 Å². The van der Waals surface area contributed by atoms with E-state index in [0.29, 0.717) is 32.6 Å². The minimum atomic E-state index is -0.522. The van der Waals surface area contributed by atoms with Gasteiger partial charge in [-0.2, -0.15) is 0 Å². The van der Waals surface area contributed by atoms with Gasteiger partial charge >= 0.3 is 6.09 Å². The maximum Gasteiger partial charge on any atom is 0.408 e. The first-order valence-corrected chi connectivity index (χ1v) is 5.30. The number of hydrogen-bond donors (Lipinski definition) is 2. The summed E-state index contributed by atoms with van der Waals surface area (Å²) in [6.45, 7) is 3.15. The van der Waals surface area contributed by atoms with Crippen LogP contribution in [0.1, 0.15) is 19.8 Å². The van der Waals surface area contributed by atoms with E-state index in [1.165, 1.54) is 0 Å². The van der Waals surface area contributed by atoms with Crippen molar-refractivity contribution in [2.75, 3.05) is 26.4 Å². The third kappa shape index (κ3) is 9.31. The van der Waals surface area contributed by atoms with E-state index in [1.54, 1.807) is 0 Å². The number of terminal acetylenes is 1. The first-order valence-electron chi connectivity index (χ1n) is 5.30. The molecule has 16 heavy (non-hydrogen) atoms. The third-order valence-corrected chi connectivity index (χ3v) is 1.80. The van der Waals surface area contributed by atoms with Gasteiger partial charge in [-0.3, -0.25) is 0 Å². The summed E-state index contributed by atoms with van der Waals surface area (Å²) in [7, 11) is 0. The zero-order valence-corrected chi connectivity index (χ0v) is 9.57. The van der Waals surface area contributed by atoms with Gasteiger partial charge in [-0.05, 0) is 12.8 Å². The number of carbonyl (C=O) groups is 1. The molecular weight excluding hydrogens is 210 g/mol. The summed E-state index contributed by atoms with van der Waals surface area (Å²) < 4.78 is 9.76. The maximum absolute atomic E-state index is 10.9. The molecule has 0 bridgehead atoms. The van der Waals surface area contributed by atoms with E-state index in [-0.39, 0.29) is 6.61 Å². The summed E-state index contributed by atoms with van der Waals surface area (Å²) in [6.07, 6.45) is 5.33. The van der Waals surface area contributed by atoms with E-state index in [9.17, 15) is 4.79 Å². The molecule has 0 spiro atoms. The molecular formula is C11H19NO4. The van der Waals surface area contributed by atoms with Crippen LogP contribution < -0.4 is 5.32 Å². The Labute approximate surface area is 96.1 Å². The van der Waals surface area contributed by atoms with Crippen LogP contribution in [0.2, 0.25) is 0 Å². The second kappa shape index (κ2) is 10.3. The van der Waals surface area contributed by atoms with Crippen LogP contribution in [0.3, 0.4) is 0 Å². The number of aliphatic hydroxyl groups excluding tert-OH is 1. The van der Waals surface area contributed by atoms with Crippen molar-refractivity contribution in [3.63, 3.8) is 0 Å². The normalized spacial score (nSPS) is 11.6. The van der Waals surface area contributed by atoms with Crippen molar-refractivity contribution in [1.82, 2.24) is 5.32 Å². The fourth-order valence-electron chi connectivity index (χ4n) is 0.860. The Morgan fingerprint density at radius 3 is 3.00 bits per heavy atom. The van der Waals surface area contributed by atoms with Crippen molar-refractivity contribution in [2.45, 2.75) is 25.9 Å². The van der Waals surface area contributed by atoms with Crippen LogP contribution in [-0.2, 0) is 9.47 Å². The number of aliphatic hydroxyl groups is 1. The number of nitrogens with one attached hydrogen (secondary N) is 1. The average Bonchev–Trinajstić information content (AvgIpc) is 2.30. The molecule has 0 aliphatic carbocycles. The Bertz CT molecular complexity index is 225. The molecule has 1 unspecified atom stereocenters. The Kier molecular flexibility index (Phi) is 9.47. The van der Waals surface area contributed by atoms with E-state index >= 15 is 0 Å². The largest absolute Gasteiger partial charge is 0.436 e. The lowest BCUT2D eigenvalue weighted by atomic mass is 10.3. The minimum absolute atomic E-state index is 0.0228. The van der Waals surface area contributed by atoms with Crippen LogP contribution in [0.4, 0.5) is 4.79 Å².